The normalized spacial score (nSPS) is 13.6. The SMILES string of the molecule is CC(Cl)OC(=O)OC(CNC(=O)OC(C)(C)C)c1ccccc1. The fourth-order valence-corrected chi connectivity index (χ4v) is 1.73. The van der Waals surface area contributed by atoms with Crippen LogP contribution in [0, 0.1) is 0 Å². The third-order valence-corrected chi connectivity index (χ3v) is 2.59. The van der Waals surface area contributed by atoms with E-state index < -0.39 is 29.5 Å². The maximum atomic E-state index is 11.7. The molecule has 7 heteroatoms. The van der Waals surface area contributed by atoms with Crippen molar-refractivity contribution < 1.29 is 23.8 Å². The molecular formula is C16H22ClNO5. The molecule has 1 N–H and O–H groups in total. The molecule has 0 saturated carbocycles. The fraction of sp³-hybridized carbons (Fsp3) is 0.500. The smallest absolute Gasteiger partial charge is 0.444 e. The largest absolute Gasteiger partial charge is 0.510 e. The summed E-state index contributed by atoms with van der Waals surface area (Å²) in [5.74, 6) is 0. The van der Waals surface area contributed by atoms with Gasteiger partial charge in [0.2, 0.25) is 0 Å². The van der Waals surface area contributed by atoms with Crippen molar-refractivity contribution in [1.82, 2.24) is 5.32 Å². The highest BCUT2D eigenvalue weighted by Crippen LogP contribution is 2.18. The minimum atomic E-state index is -0.910. The lowest BCUT2D eigenvalue weighted by Gasteiger charge is -2.22. The van der Waals surface area contributed by atoms with Gasteiger partial charge in [0.1, 0.15) is 11.7 Å². The summed E-state index contributed by atoms with van der Waals surface area (Å²) in [6.45, 7) is 6.83. The third-order valence-electron chi connectivity index (χ3n) is 2.50. The van der Waals surface area contributed by atoms with Crippen LogP contribution >= 0.6 is 11.6 Å². The van der Waals surface area contributed by atoms with Gasteiger partial charge in [0.25, 0.3) is 0 Å². The van der Waals surface area contributed by atoms with Gasteiger partial charge in [0, 0.05) is 0 Å². The second-order valence-corrected chi connectivity index (χ2v) is 6.43. The fourth-order valence-electron chi connectivity index (χ4n) is 1.66. The zero-order valence-electron chi connectivity index (χ0n) is 13.7. The molecule has 1 rings (SSSR count). The Hall–Kier alpha value is -1.95. The van der Waals surface area contributed by atoms with Crippen LogP contribution in [0.25, 0.3) is 0 Å². The van der Waals surface area contributed by atoms with Crippen LogP contribution < -0.4 is 5.32 Å². The van der Waals surface area contributed by atoms with Gasteiger partial charge < -0.3 is 19.5 Å². The molecule has 2 unspecified atom stereocenters. The molecule has 0 radical (unpaired) electrons. The Morgan fingerprint density at radius 1 is 1.17 bits per heavy atom. The predicted molar refractivity (Wildman–Crippen MR) is 86.3 cm³/mol. The molecule has 0 saturated heterocycles. The molecule has 6 nitrogen and oxygen atoms in total. The number of alkyl carbamates (subject to hydrolysis) is 1. The van der Waals surface area contributed by atoms with Crippen molar-refractivity contribution in [3.8, 4) is 0 Å². The van der Waals surface area contributed by atoms with Crippen LogP contribution in [-0.2, 0) is 14.2 Å². The highest BCUT2D eigenvalue weighted by atomic mass is 35.5. The Morgan fingerprint density at radius 3 is 2.30 bits per heavy atom. The van der Waals surface area contributed by atoms with Gasteiger partial charge in [-0.25, -0.2) is 9.59 Å². The quantitative estimate of drug-likeness (QED) is 0.646. The van der Waals surface area contributed by atoms with Gasteiger partial charge >= 0.3 is 12.2 Å². The predicted octanol–water partition coefficient (Wildman–Crippen LogP) is 3.99. The average molecular weight is 344 g/mol. The molecule has 0 aliphatic heterocycles. The average Bonchev–Trinajstić information content (AvgIpc) is 2.41. The number of nitrogens with one attached hydrogen (secondary N) is 1. The van der Waals surface area contributed by atoms with Crippen LogP contribution in [0.3, 0.4) is 0 Å². The van der Waals surface area contributed by atoms with E-state index in [9.17, 15) is 9.59 Å². The van der Waals surface area contributed by atoms with Crippen LogP contribution in [0.2, 0.25) is 0 Å². The van der Waals surface area contributed by atoms with Gasteiger partial charge in [-0.1, -0.05) is 41.9 Å². The molecule has 1 amide bonds. The minimum Gasteiger partial charge on any atom is -0.444 e. The van der Waals surface area contributed by atoms with E-state index in [1.165, 1.54) is 6.92 Å². The first-order valence-electron chi connectivity index (χ1n) is 7.20. The summed E-state index contributed by atoms with van der Waals surface area (Å²) in [4.78, 5) is 23.4. The third kappa shape index (κ3) is 8.30. The molecule has 0 aromatic heterocycles. The molecular weight excluding hydrogens is 322 g/mol. The first-order chi connectivity index (χ1) is 10.7. The van der Waals surface area contributed by atoms with Crippen molar-refractivity contribution in [3.05, 3.63) is 35.9 Å². The summed E-state index contributed by atoms with van der Waals surface area (Å²) >= 11 is 5.59. The first kappa shape index (κ1) is 19.1. The Bertz CT molecular complexity index is 513. The Kier molecular flexibility index (Phi) is 7.16. The van der Waals surface area contributed by atoms with Gasteiger partial charge in [-0.2, -0.15) is 0 Å². The standard InChI is InChI=1S/C16H22ClNO5/c1-11(17)21-15(20)22-13(12-8-6-5-7-9-12)10-18-14(19)23-16(2,3)4/h5-9,11,13H,10H2,1-4H3,(H,18,19). The number of hydrogen-bond acceptors (Lipinski definition) is 5. The maximum Gasteiger partial charge on any atom is 0.510 e. The number of amides is 1. The van der Waals surface area contributed by atoms with Gasteiger partial charge in [-0.05, 0) is 33.3 Å². The maximum absolute atomic E-state index is 11.7. The summed E-state index contributed by atoms with van der Waals surface area (Å²) in [6, 6.07) is 8.99. The summed E-state index contributed by atoms with van der Waals surface area (Å²) < 4.78 is 15.1. The minimum absolute atomic E-state index is 0.0463. The lowest BCUT2D eigenvalue weighted by molar-refractivity contribution is 0.0142. The zero-order chi connectivity index (χ0) is 17.5. The van der Waals surface area contributed by atoms with Crippen LogP contribution in [-0.4, -0.2) is 30.0 Å². The summed E-state index contributed by atoms with van der Waals surface area (Å²) in [5.41, 5.74) is -0.708. The molecule has 0 fully saturated rings. The van der Waals surface area contributed by atoms with Crippen LogP contribution in [0.5, 0.6) is 0 Å². The monoisotopic (exact) mass is 343 g/mol. The summed E-state index contributed by atoms with van der Waals surface area (Å²) in [5, 5.41) is 2.57. The second kappa shape index (κ2) is 8.62. The van der Waals surface area contributed by atoms with Gasteiger partial charge in [0.15, 0.2) is 5.56 Å². The van der Waals surface area contributed by atoms with Crippen LogP contribution in [0.4, 0.5) is 9.59 Å². The van der Waals surface area contributed by atoms with Gasteiger partial charge in [-0.3, -0.25) is 0 Å². The number of benzene rings is 1. The van der Waals surface area contributed by atoms with Crippen molar-refractivity contribution in [1.29, 1.82) is 0 Å². The molecule has 128 valence electrons. The van der Waals surface area contributed by atoms with Crippen LogP contribution in [0.15, 0.2) is 30.3 Å². The Balaban J connectivity index is 2.69. The topological polar surface area (TPSA) is 73.9 Å². The molecule has 0 heterocycles. The highest BCUT2D eigenvalue weighted by molar-refractivity contribution is 6.19. The number of alkyl halides is 1. The van der Waals surface area contributed by atoms with E-state index in [-0.39, 0.29) is 6.54 Å². The van der Waals surface area contributed by atoms with Crippen molar-refractivity contribution >= 4 is 23.8 Å². The van der Waals surface area contributed by atoms with Crippen molar-refractivity contribution in [2.24, 2.45) is 0 Å². The lowest BCUT2D eigenvalue weighted by Crippen LogP contribution is -2.35. The molecule has 23 heavy (non-hydrogen) atoms. The second-order valence-electron chi connectivity index (χ2n) is 5.81. The van der Waals surface area contributed by atoms with Gasteiger partial charge in [-0.15, -0.1) is 0 Å². The number of ether oxygens (including phenoxy) is 3. The van der Waals surface area contributed by atoms with E-state index in [2.05, 4.69) is 5.32 Å². The summed E-state index contributed by atoms with van der Waals surface area (Å²) in [6.07, 6.45) is -2.22. The first-order valence-corrected chi connectivity index (χ1v) is 7.64. The van der Waals surface area contributed by atoms with E-state index in [1.807, 2.05) is 6.07 Å². The number of rotatable bonds is 5. The van der Waals surface area contributed by atoms with E-state index in [1.54, 1.807) is 45.0 Å². The summed E-state index contributed by atoms with van der Waals surface area (Å²) in [7, 11) is 0. The molecule has 0 bridgehead atoms. The zero-order valence-corrected chi connectivity index (χ0v) is 14.4. The van der Waals surface area contributed by atoms with E-state index in [4.69, 9.17) is 25.8 Å². The number of carbonyl (C=O) groups is 2. The molecule has 2 atom stereocenters. The highest BCUT2D eigenvalue weighted by Gasteiger charge is 2.22. The van der Waals surface area contributed by atoms with Crippen molar-refractivity contribution in [3.63, 3.8) is 0 Å². The molecule has 1 aromatic rings. The van der Waals surface area contributed by atoms with E-state index >= 15 is 0 Å². The Labute approximate surface area is 141 Å². The van der Waals surface area contributed by atoms with E-state index in [0.29, 0.717) is 5.56 Å². The molecule has 0 spiro atoms. The van der Waals surface area contributed by atoms with Crippen molar-refractivity contribution in [2.75, 3.05) is 6.54 Å². The van der Waals surface area contributed by atoms with Gasteiger partial charge in [0.05, 0.1) is 6.54 Å². The molecule has 0 aliphatic rings. The number of halogens is 1. The number of hydrogen-bond donors (Lipinski definition) is 1. The Morgan fingerprint density at radius 2 is 1.78 bits per heavy atom. The van der Waals surface area contributed by atoms with Crippen LogP contribution in [0.1, 0.15) is 39.4 Å². The molecule has 1 aromatic carbocycles. The van der Waals surface area contributed by atoms with Crippen molar-refractivity contribution in [2.45, 2.75) is 45.0 Å². The number of carbonyl (C=O) groups excluding carboxylic acids is 2. The molecule has 0 aliphatic carbocycles. The van der Waals surface area contributed by atoms with E-state index in [0.717, 1.165) is 0 Å². The lowest BCUT2D eigenvalue weighted by atomic mass is 10.1.